The number of anilines is 2. The summed E-state index contributed by atoms with van der Waals surface area (Å²) >= 11 is 5.84. The zero-order chi connectivity index (χ0) is 16.8. The fourth-order valence-corrected chi connectivity index (χ4v) is 2.02. The van der Waals surface area contributed by atoms with E-state index in [2.05, 4.69) is 10.6 Å². The first kappa shape index (κ1) is 16.4. The van der Waals surface area contributed by atoms with E-state index in [-0.39, 0.29) is 11.3 Å². The first-order chi connectivity index (χ1) is 11.0. The van der Waals surface area contributed by atoms with Crippen molar-refractivity contribution in [3.8, 4) is 11.8 Å². The molecule has 0 aliphatic rings. The van der Waals surface area contributed by atoms with Crippen LogP contribution >= 0.6 is 11.6 Å². The van der Waals surface area contributed by atoms with E-state index >= 15 is 0 Å². The van der Waals surface area contributed by atoms with Crippen molar-refractivity contribution in [3.63, 3.8) is 0 Å². The highest BCUT2D eigenvalue weighted by molar-refractivity contribution is 6.31. The summed E-state index contributed by atoms with van der Waals surface area (Å²) in [6, 6.07) is 13.4. The van der Waals surface area contributed by atoms with Crippen LogP contribution in [0, 0.1) is 18.3 Å². The molecule has 2 rings (SSSR count). The number of phenolic OH excluding ortho intramolecular Hbond substituents is 1. The summed E-state index contributed by atoms with van der Waals surface area (Å²) in [5, 5.41) is 24.7. The number of carbonyl (C=O) groups excluding carboxylic acids is 1. The van der Waals surface area contributed by atoms with E-state index in [1.165, 1.54) is 12.3 Å². The molecule has 0 aliphatic heterocycles. The quantitative estimate of drug-likeness (QED) is 0.453. The highest BCUT2D eigenvalue weighted by atomic mass is 35.5. The van der Waals surface area contributed by atoms with Gasteiger partial charge >= 0.3 is 0 Å². The van der Waals surface area contributed by atoms with Crippen molar-refractivity contribution in [1.29, 1.82) is 5.26 Å². The molecule has 0 saturated heterocycles. The van der Waals surface area contributed by atoms with E-state index in [0.717, 1.165) is 5.56 Å². The van der Waals surface area contributed by atoms with Crippen LogP contribution in [0.5, 0.6) is 5.75 Å². The van der Waals surface area contributed by atoms with Gasteiger partial charge in [-0.1, -0.05) is 23.7 Å². The second-order valence-electron chi connectivity index (χ2n) is 4.80. The third-order valence-electron chi connectivity index (χ3n) is 2.97. The molecule has 0 unspecified atom stereocenters. The highest BCUT2D eigenvalue weighted by Crippen LogP contribution is 2.24. The van der Waals surface area contributed by atoms with Gasteiger partial charge in [-0.3, -0.25) is 4.79 Å². The number of aryl methyl sites for hydroxylation is 1. The van der Waals surface area contributed by atoms with Crippen LogP contribution in [0.4, 0.5) is 11.4 Å². The lowest BCUT2D eigenvalue weighted by molar-refractivity contribution is -0.112. The lowest BCUT2D eigenvalue weighted by atomic mass is 10.2. The summed E-state index contributed by atoms with van der Waals surface area (Å²) in [6.45, 7) is 1.87. The van der Waals surface area contributed by atoms with Crippen LogP contribution in [-0.4, -0.2) is 11.0 Å². The van der Waals surface area contributed by atoms with Crippen LogP contribution in [0.3, 0.4) is 0 Å². The zero-order valence-electron chi connectivity index (χ0n) is 12.3. The number of rotatable bonds is 4. The van der Waals surface area contributed by atoms with Crippen molar-refractivity contribution in [2.45, 2.75) is 6.92 Å². The first-order valence-corrected chi connectivity index (χ1v) is 7.11. The van der Waals surface area contributed by atoms with Crippen molar-refractivity contribution < 1.29 is 9.90 Å². The lowest BCUT2D eigenvalue weighted by Gasteiger charge is -2.07. The fraction of sp³-hybridized carbons (Fsp3) is 0.0588. The SMILES string of the molecule is Cc1ccc(O)c(N/C=C(/C#N)C(=O)Nc2cccc(Cl)c2)c1. The average Bonchev–Trinajstić information content (AvgIpc) is 2.51. The van der Waals surface area contributed by atoms with Gasteiger partial charge in [-0.25, -0.2) is 0 Å². The number of nitrogens with one attached hydrogen (secondary N) is 2. The molecule has 2 aromatic rings. The molecule has 2 aromatic carbocycles. The maximum absolute atomic E-state index is 12.1. The molecule has 0 atom stereocenters. The van der Waals surface area contributed by atoms with E-state index in [0.29, 0.717) is 16.4 Å². The Morgan fingerprint density at radius 1 is 1.30 bits per heavy atom. The molecule has 0 heterocycles. The molecule has 1 amide bonds. The maximum Gasteiger partial charge on any atom is 0.267 e. The molecule has 0 radical (unpaired) electrons. The van der Waals surface area contributed by atoms with Gasteiger partial charge in [-0.05, 0) is 42.8 Å². The Morgan fingerprint density at radius 3 is 2.78 bits per heavy atom. The van der Waals surface area contributed by atoms with E-state index in [1.54, 1.807) is 36.4 Å². The molecule has 5 nitrogen and oxygen atoms in total. The van der Waals surface area contributed by atoms with Crippen LogP contribution in [0.25, 0.3) is 0 Å². The molecule has 3 N–H and O–H groups in total. The zero-order valence-corrected chi connectivity index (χ0v) is 13.1. The molecule has 0 spiro atoms. The fourth-order valence-electron chi connectivity index (χ4n) is 1.83. The number of carbonyl (C=O) groups is 1. The van der Waals surface area contributed by atoms with Gasteiger partial charge in [-0.2, -0.15) is 5.26 Å². The molecular weight excluding hydrogens is 314 g/mol. The Hall–Kier alpha value is -2.97. The minimum atomic E-state index is -0.575. The number of hydrogen-bond acceptors (Lipinski definition) is 4. The number of hydrogen-bond donors (Lipinski definition) is 3. The average molecular weight is 328 g/mol. The summed E-state index contributed by atoms with van der Waals surface area (Å²) in [7, 11) is 0. The van der Waals surface area contributed by atoms with Crippen molar-refractivity contribution in [2.24, 2.45) is 0 Å². The maximum atomic E-state index is 12.1. The van der Waals surface area contributed by atoms with Crippen LogP contribution in [-0.2, 0) is 4.79 Å². The molecule has 23 heavy (non-hydrogen) atoms. The molecule has 0 bridgehead atoms. The minimum Gasteiger partial charge on any atom is -0.506 e. The Labute approximate surface area is 138 Å². The third kappa shape index (κ3) is 4.50. The number of nitrogens with zero attached hydrogens (tertiary/aromatic N) is 1. The summed E-state index contributed by atoms with van der Waals surface area (Å²) in [5.41, 5.74) is 1.70. The first-order valence-electron chi connectivity index (χ1n) is 6.73. The van der Waals surface area contributed by atoms with E-state index < -0.39 is 5.91 Å². The molecule has 0 aromatic heterocycles. The second kappa shape index (κ2) is 7.34. The van der Waals surface area contributed by atoms with Crippen molar-refractivity contribution in [1.82, 2.24) is 0 Å². The van der Waals surface area contributed by atoms with Gasteiger partial charge in [0.25, 0.3) is 5.91 Å². The Kier molecular flexibility index (Phi) is 5.23. The van der Waals surface area contributed by atoms with Gasteiger partial charge < -0.3 is 15.7 Å². The molecular formula is C17H14ClN3O2. The van der Waals surface area contributed by atoms with Crippen molar-refractivity contribution in [3.05, 3.63) is 64.8 Å². The summed E-state index contributed by atoms with van der Waals surface area (Å²) < 4.78 is 0. The number of halogens is 1. The largest absolute Gasteiger partial charge is 0.506 e. The number of aromatic hydroxyl groups is 1. The molecule has 0 fully saturated rings. The summed E-state index contributed by atoms with van der Waals surface area (Å²) in [4.78, 5) is 12.1. The van der Waals surface area contributed by atoms with Gasteiger partial charge in [-0.15, -0.1) is 0 Å². The van der Waals surface area contributed by atoms with Crippen LogP contribution in [0.15, 0.2) is 54.2 Å². The van der Waals surface area contributed by atoms with Gasteiger partial charge in [0.05, 0.1) is 5.69 Å². The second-order valence-corrected chi connectivity index (χ2v) is 5.24. The van der Waals surface area contributed by atoms with E-state index in [4.69, 9.17) is 16.9 Å². The van der Waals surface area contributed by atoms with Crippen LogP contribution < -0.4 is 10.6 Å². The third-order valence-corrected chi connectivity index (χ3v) is 3.21. The van der Waals surface area contributed by atoms with Crippen LogP contribution in [0.1, 0.15) is 5.56 Å². The topological polar surface area (TPSA) is 85.2 Å². The molecule has 0 saturated carbocycles. The van der Waals surface area contributed by atoms with Gasteiger partial charge in [0, 0.05) is 16.9 Å². The number of phenols is 1. The monoisotopic (exact) mass is 327 g/mol. The van der Waals surface area contributed by atoms with Crippen molar-refractivity contribution >= 4 is 28.9 Å². The van der Waals surface area contributed by atoms with Gasteiger partial charge in [0.1, 0.15) is 17.4 Å². The minimum absolute atomic E-state index is 0.0272. The van der Waals surface area contributed by atoms with Gasteiger partial charge in [0.2, 0.25) is 0 Å². The molecule has 116 valence electrons. The Bertz CT molecular complexity index is 810. The van der Waals surface area contributed by atoms with E-state index in [1.807, 2.05) is 13.0 Å². The molecule has 6 heteroatoms. The normalized spacial score (nSPS) is 10.7. The predicted octanol–water partition coefficient (Wildman–Crippen LogP) is 3.81. The Balaban J connectivity index is 2.14. The summed E-state index contributed by atoms with van der Waals surface area (Å²) in [5.74, 6) is -0.547. The smallest absolute Gasteiger partial charge is 0.267 e. The number of amides is 1. The van der Waals surface area contributed by atoms with E-state index in [9.17, 15) is 9.90 Å². The van der Waals surface area contributed by atoms with Gasteiger partial charge in [0.15, 0.2) is 0 Å². The number of benzene rings is 2. The summed E-state index contributed by atoms with van der Waals surface area (Å²) in [6.07, 6.45) is 1.24. The number of nitriles is 1. The highest BCUT2D eigenvalue weighted by Gasteiger charge is 2.10. The molecule has 0 aliphatic carbocycles. The Morgan fingerprint density at radius 2 is 2.09 bits per heavy atom. The standard InChI is InChI=1S/C17H14ClN3O2/c1-11-5-6-16(22)15(7-11)20-10-12(9-19)17(23)21-14-4-2-3-13(18)8-14/h2-8,10,20,22H,1H3,(H,21,23)/b12-10-. The van der Waals surface area contributed by atoms with Crippen molar-refractivity contribution in [2.75, 3.05) is 10.6 Å². The van der Waals surface area contributed by atoms with Crippen LogP contribution in [0.2, 0.25) is 5.02 Å². The lowest BCUT2D eigenvalue weighted by Crippen LogP contribution is -2.14. The predicted molar refractivity (Wildman–Crippen MR) is 90.2 cm³/mol.